The fourth-order valence-electron chi connectivity index (χ4n) is 4.13. The second-order valence-electron chi connectivity index (χ2n) is 8.03. The van der Waals surface area contributed by atoms with Crippen LogP contribution >= 0.6 is 0 Å². The number of amides is 2. The van der Waals surface area contributed by atoms with Gasteiger partial charge in [0, 0.05) is 19.2 Å². The van der Waals surface area contributed by atoms with Crippen LogP contribution in [0.3, 0.4) is 0 Å². The Bertz CT molecular complexity index is 1230. The number of alkyl halides is 2. The first-order chi connectivity index (χ1) is 16.7. The highest BCUT2D eigenvalue weighted by Crippen LogP contribution is 2.44. The van der Waals surface area contributed by atoms with E-state index >= 15 is 0 Å². The van der Waals surface area contributed by atoms with Crippen LogP contribution in [0.5, 0.6) is 0 Å². The fourth-order valence-corrected chi connectivity index (χ4v) is 4.13. The van der Waals surface area contributed by atoms with Gasteiger partial charge in [-0.05, 0) is 22.3 Å². The van der Waals surface area contributed by atoms with E-state index in [9.17, 15) is 23.2 Å². The number of hydrogen-bond donors (Lipinski definition) is 3. The number of aromatic nitrogens is 2. The van der Waals surface area contributed by atoms with Crippen LogP contribution in [0.4, 0.5) is 19.3 Å². The van der Waals surface area contributed by atoms with Gasteiger partial charge in [-0.3, -0.25) is 9.48 Å². The molecule has 4 rings (SSSR count). The fraction of sp³-hybridized carbons (Fsp3) is 0.250. The smallest absolute Gasteiger partial charge is 0.407 e. The van der Waals surface area contributed by atoms with Crippen molar-refractivity contribution in [2.24, 2.45) is 7.05 Å². The largest absolute Gasteiger partial charge is 0.476 e. The van der Waals surface area contributed by atoms with E-state index in [2.05, 4.69) is 10.4 Å². The van der Waals surface area contributed by atoms with Crippen LogP contribution in [-0.4, -0.2) is 51.9 Å². The summed E-state index contributed by atoms with van der Waals surface area (Å²) >= 11 is 0. The number of carbonyl (C=O) groups excluding carboxylic acids is 2. The highest BCUT2D eigenvalue weighted by atomic mass is 19.3. The Morgan fingerprint density at radius 1 is 1.09 bits per heavy atom. The molecule has 3 N–H and O–H groups in total. The lowest BCUT2D eigenvalue weighted by molar-refractivity contribution is -0.117. The number of benzene rings is 2. The first-order valence-electron chi connectivity index (χ1n) is 10.7. The second-order valence-corrected chi connectivity index (χ2v) is 8.03. The molecule has 0 radical (unpaired) electrons. The van der Waals surface area contributed by atoms with Crippen LogP contribution < -0.4 is 10.6 Å². The second kappa shape index (κ2) is 9.92. The number of anilines is 1. The van der Waals surface area contributed by atoms with Crippen LogP contribution in [0.25, 0.3) is 11.1 Å². The normalized spacial score (nSPS) is 13.1. The molecule has 0 bridgehead atoms. The van der Waals surface area contributed by atoms with E-state index in [4.69, 9.17) is 9.84 Å². The molecule has 1 aliphatic carbocycles. The molecule has 35 heavy (non-hydrogen) atoms. The molecule has 0 spiro atoms. The van der Waals surface area contributed by atoms with Crippen molar-refractivity contribution < 1.29 is 33.0 Å². The molecule has 1 atom stereocenters. The van der Waals surface area contributed by atoms with Gasteiger partial charge < -0.3 is 20.5 Å². The summed E-state index contributed by atoms with van der Waals surface area (Å²) in [6.45, 7) is -0.0698. The molecular weight excluding hydrogens is 462 g/mol. The monoisotopic (exact) mass is 484 g/mol. The molecule has 0 saturated heterocycles. The van der Waals surface area contributed by atoms with Crippen molar-refractivity contribution in [2.45, 2.75) is 24.8 Å². The number of hydrogen-bond acceptors (Lipinski definition) is 5. The maximum atomic E-state index is 13.5. The number of carbonyl (C=O) groups is 3. The maximum absolute atomic E-state index is 13.5. The average Bonchev–Trinajstić information content (AvgIpc) is 3.34. The van der Waals surface area contributed by atoms with E-state index < -0.39 is 42.6 Å². The number of aryl methyl sites for hydroxylation is 1. The van der Waals surface area contributed by atoms with Gasteiger partial charge >= 0.3 is 12.1 Å². The molecule has 0 fully saturated rings. The molecule has 9 nitrogen and oxygen atoms in total. The number of fused-ring (bicyclic) bond motifs is 3. The van der Waals surface area contributed by atoms with E-state index in [-0.39, 0.29) is 18.2 Å². The number of aromatic carboxylic acids is 1. The first kappa shape index (κ1) is 23.9. The van der Waals surface area contributed by atoms with E-state index in [0.29, 0.717) is 0 Å². The lowest BCUT2D eigenvalue weighted by Crippen LogP contribution is -2.43. The molecule has 1 heterocycles. The Morgan fingerprint density at radius 3 is 2.26 bits per heavy atom. The van der Waals surface area contributed by atoms with Crippen molar-refractivity contribution in [3.63, 3.8) is 0 Å². The summed E-state index contributed by atoms with van der Waals surface area (Å²) in [6, 6.07) is 13.5. The van der Waals surface area contributed by atoms with E-state index in [1.165, 1.54) is 17.9 Å². The number of halogens is 2. The van der Waals surface area contributed by atoms with Gasteiger partial charge in [0.2, 0.25) is 5.91 Å². The molecule has 182 valence electrons. The molecule has 2 amide bonds. The summed E-state index contributed by atoms with van der Waals surface area (Å²) in [4.78, 5) is 35.8. The topological polar surface area (TPSA) is 123 Å². The van der Waals surface area contributed by atoms with Crippen LogP contribution in [-0.2, 0) is 16.6 Å². The Hall–Kier alpha value is -4.28. The standard InChI is InChI=1S/C24H22F2N4O5/c1-30-11-19(21(29-30)23(32)33)27-20(31)10-18(22(25)26)28-24(34)35-12-17-15-8-4-2-6-13(15)14-7-3-5-9-16(14)17/h2-9,11,17-18,22H,10,12H2,1H3,(H,27,31)(H,28,34)(H,32,33). The third kappa shape index (κ3) is 5.13. The molecule has 1 aliphatic rings. The highest BCUT2D eigenvalue weighted by Gasteiger charge is 2.31. The predicted molar refractivity (Wildman–Crippen MR) is 121 cm³/mol. The van der Waals surface area contributed by atoms with Crippen LogP contribution in [0.15, 0.2) is 54.7 Å². The van der Waals surface area contributed by atoms with Crippen molar-refractivity contribution in [1.82, 2.24) is 15.1 Å². The minimum atomic E-state index is -3.06. The van der Waals surface area contributed by atoms with Gasteiger partial charge in [0.15, 0.2) is 5.69 Å². The Balaban J connectivity index is 1.38. The Morgan fingerprint density at radius 2 is 1.69 bits per heavy atom. The summed E-state index contributed by atoms with van der Waals surface area (Å²) in [6.07, 6.45) is -3.71. The summed E-state index contributed by atoms with van der Waals surface area (Å²) in [7, 11) is 1.45. The summed E-state index contributed by atoms with van der Waals surface area (Å²) in [5, 5.41) is 17.1. The Labute approximate surface area is 198 Å². The molecule has 3 aromatic rings. The van der Waals surface area contributed by atoms with E-state index in [1.807, 2.05) is 53.8 Å². The summed E-state index contributed by atoms with van der Waals surface area (Å²) in [5.41, 5.74) is 3.41. The van der Waals surface area contributed by atoms with Gasteiger partial charge in [0.1, 0.15) is 12.6 Å². The van der Waals surface area contributed by atoms with Gasteiger partial charge in [0.25, 0.3) is 6.43 Å². The van der Waals surface area contributed by atoms with Crippen LogP contribution in [0.1, 0.15) is 34.0 Å². The molecule has 1 unspecified atom stereocenters. The van der Waals surface area contributed by atoms with Gasteiger partial charge in [-0.25, -0.2) is 18.4 Å². The van der Waals surface area contributed by atoms with Crippen molar-refractivity contribution in [1.29, 1.82) is 0 Å². The maximum Gasteiger partial charge on any atom is 0.407 e. The lowest BCUT2D eigenvalue weighted by Gasteiger charge is -2.19. The number of carboxylic acid groups (broad SMARTS) is 1. The number of nitrogens with zero attached hydrogens (tertiary/aromatic N) is 2. The number of rotatable bonds is 8. The van der Waals surface area contributed by atoms with Gasteiger partial charge in [-0.15, -0.1) is 0 Å². The predicted octanol–water partition coefficient (Wildman–Crippen LogP) is 3.62. The molecule has 0 aliphatic heterocycles. The average molecular weight is 484 g/mol. The molecular formula is C24H22F2N4O5. The SMILES string of the molecule is Cn1cc(NC(=O)CC(NC(=O)OCC2c3ccccc3-c3ccccc32)C(F)F)c(C(=O)O)n1. The van der Waals surface area contributed by atoms with Gasteiger partial charge in [-0.1, -0.05) is 48.5 Å². The number of ether oxygens (including phenoxy) is 1. The number of alkyl carbamates (subject to hydrolysis) is 1. The van der Waals surface area contributed by atoms with E-state index in [1.54, 1.807) is 0 Å². The molecule has 1 aromatic heterocycles. The van der Waals surface area contributed by atoms with E-state index in [0.717, 1.165) is 22.3 Å². The summed E-state index contributed by atoms with van der Waals surface area (Å²) in [5.74, 6) is -2.55. The van der Waals surface area contributed by atoms with Crippen molar-refractivity contribution in [2.75, 3.05) is 11.9 Å². The number of carboxylic acids is 1. The number of nitrogens with one attached hydrogen (secondary N) is 2. The van der Waals surface area contributed by atoms with Crippen LogP contribution in [0, 0.1) is 0 Å². The zero-order chi connectivity index (χ0) is 25.1. The first-order valence-corrected chi connectivity index (χ1v) is 10.7. The Kier molecular flexibility index (Phi) is 6.76. The molecule has 0 saturated carbocycles. The zero-order valence-electron chi connectivity index (χ0n) is 18.6. The third-order valence-electron chi connectivity index (χ3n) is 5.66. The van der Waals surface area contributed by atoms with Crippen molar-refractivity contribution >= 4 is 23.7 Å². The van der Waals surface area contributed by atoms with Crippen molar-refractivity contribution in [3.05, 3.63) is 71.5 Å². The van der Waals surface area contributed by atoms with Crippen molar-refractivity contribution in [3.8, 4) is 11.1 Å². The molecule has 2 aromatic carbocycles. The summed E-state index contributed by atoms with van der Waals surface area (Å²) < 4.78 is 33.5. The van der Waals surface area contributed by atoms with Gasteiger partial charge in [-0.2, -0.15) is 5.10 Å². The van der Waals surface area contributed by atoms with Gasteiger partial charge in [0.05, 0.1) is 12.1 Å². The molecule has 11 heteroatoms. The third-order valence-corrected chi connectivity index (χ3v) is 5.66. The highest BCUT2D eigenvalue weighted by molar-refractivity contribution is 5.99. The quantitative estimate of drug-likeness (QED) is 0.449. The lowest BCUT2D eigenvalue weighted by atomic mass is 9.98. The minimum Gasteiger partial charge on any atom is -0.476 e. The van der Waals surface area contributed by atoms with Crippen LogP contribution in [0.2, 0.25) is 0 Å². The minimum absolute atomic E-state index is 0.0698. The zero-order valence-corrected chi connectivity index (χ0v) is 18.6.